The number of halogens is 2. The van der Waals surface area contributed by atoms with Crippen LogP contribution in [0.25, 0.3) is 0 Å². The summed E-state index contributed by atoms with van der Waals surface area (Å²) in [6.45, 7) is 3.71. The number of carbonyl (C=O) groups excluding carboxylic acids is 1. The van der Waals surface area contributed by atoms with Crippen LogP contribution in [0.3, 0.4) is 0 Å². The topological polar surface area (TPSA) is 69.4 Å². The summed E-state index contributed by atoms with van der Waals surface area (Å²) in [5.74, 6) is -0.393. The highest BCUT2D eigenvalue weighted by atomic mass is 79.9. The van der Waals surface area contributed by atoms with Crippen molar-refractivity contribution < 1.29 is 14.5 Å². The standard InChI is InChI=1S/C12H13Br2NO4/c1-3-19-11(16)12(2,14)10(13)8-4-6-9(7-5-8)15(17)18/h4-7,10H,3H2,1-2H3/t10-,12+/m0/s1. The largest absolute Gasteiger partial charge is 0.465 e. The molecule has 7 heteroatoms. The highest BCUT2D eigenvalue weighted by molar-refractivity contribution is 9.12. The van der Waals surface area contributed by atoms with Crippen molar-refractivity contribution in [1.82, 2.24) is 0 Å². The molecule has 19 heavy (non-hydrogen) atoms. The first kappa shape index (κ1) is 16.1. The van der Waals surface area contributed by atoms with Crippen molar-refractivity contribution in [1.29, 1.82) is 0 Å². The van der Waals surface area contributed by atoms with Gasteiger partial charge in [-0.1, -0.05) is 44.0 Å². The van der Waals surface area contributed by atoms with Crippen LogP contribution < -0.4 is 0 Å². The van der Waals surface area contributed by atoms with Crippen molar-refractivity contribution in [3.63, 3.8) is 0 Å². The van der Waals surface area contributed by atoms with E-state index in [2.05, 4.69) is 31.9 Å². The number of nitro benzene ring substituents is 1. The molecule has 1 rings (SSSR count). The second kappa shape index (κ2) is 6.47. The van der Waals surface area contributed by atoms with Crippen molar-refractivity contribution in [3.8, 4) is 0 Å². The summed E-state index contributed by atoms with van der Waals surface area (Å²) in [5.41, 5.74) is 0.758. The third-order valence-corrected chi connectivity index (χ3v) is 5.39. The van der Waals surface area contributed by atoms with E-state index in [1.54, 1.807) is 26.0 Å². The predicted molar refractivity (Wildman–Crippen MR) is 78.7 cm³/mol. The van der Waals surface area contributed by atoms with Gasteiger partial charge in [0.15, 0.2) is 0 Å². The zero-order valence-electron chi connectivity index (χ0n) is 10.4. The molecule has 1 aromatic rings. The summed E-state index contributed by atoms with van der Waals surface area (Å²) in [6, 6.07) is 6.02. The maximum absolute atomic E-state index is 11.8. The molecule has 0 bridgehead atoms. The lowest BCUT2D eigenvalue weighted by Crippen LogP contribution is -2.34. The molecule has 1 aromatic carbocycles. The Hall–Kier alpha value is -0.950. The molecule has 5 nitrogen and oxygen atoms in total. The second-order valence-corrected chi connectivity index (χ2v) is 6.57. The molecule has 0 aliphatic rings. The molecule has 0 aromatic heterocycles. The summed E-state index contributed by atoms with van der Waals surface area (Å²) in [5, 5.41) is 10.6. The van der Waals surface area contributed by atoms with Gasteiger partial charge in [0.2, 0.25) is 0 Å². The van der Waals surface area contributed by atoms with E-state index in [0.29, 0.717) is 6.61 Å². The molecule has 0 saturated carbocycles. The van der Waals surface area contributed by atoms with Gasteiger partial charge in [-0.15, -0.1) is 0 Å². The van der Waals surface area contributed by atoms with Gasteiger partial charge in [0.05, 0.1) is 16.4 Å². The summed E-state index contributed by atoms with van der Waals surface area (Å²) < 4.78 is 4.04. The lowest BCUT2D eigenvalue weighted by molar-refractivity contribution is -0.384. The Morgan fingerprint density at radius 2 is 2.00 bits per heavy atom. The predicted octanol–water partition coefficient (Wildman–Crippen LogP) is 3.75. The molecule has 0 unspecified atom stereocenters. The van der Waals surface area contributed by atoms with Gasteiger partial charge >= 0.3 is 5.97 Å². The molecule has 0 aliphatic carbocycles. The number of hydrogen-bond donors (Lipinski definition) is 0. The van der Waals surface area contributed by atoms with Crippen molar-refractivity contribution >= 4 is 43.5 Å². The highest BCUT2D eigenvalue weighted by Gasteiger charge is 2.40. The van der Waals surface area contributed by atoms with Gasteiger partial charge < -0.3 is 4.74 Å². The fourth-order valence-corrected chi connectivity index (χ4v) is 2.32. The Morgan fingerprint density at radius 1 is 1.47 bits per heavy atom. The Bertz CT molecular complexity index is 473. The van der Waals surface area contributed by atoms with Crippen molar-refractivity contribution in [3.05, 3.63) is 39.9 Å². The molecule has 0 fully saturated rings. The maximum atomic E-state index is 11.8. The molecule has 0 saturated heterocycles. The van der Waals surface area contributed by atoms with Crippen LogP contribution >= 0.6 is 31.9 Å². The average Bonchev–Trinajstić information content (AvgIpc) is 2.38. The van der Waals surface area contributed by atoms with E-state index in [1.807, 2.05) is 0 Å². The number of nitro groups is 1. The summed E-state index contributed by atoms with van der Waals surface area (Å²) in [7, 11) is 0. The minimum absolute atomic E-state index is 0.0101. The Kier molecular flexibility index (Phi) is 5.49. The van der Waals surface area contributed by atoms with Crippen LogP contribution in [0.1, 0.15) is 24.2 Å². The number of nitrogens with zero attached hydrogens (tertiary/aromatic N) is 1. The number of alkyl halides is 2. The molecule has 0 N–H and O–H groups in total. The van der Waals surface area contributed by atoms with Crippen LogP contribution in [0, 0.1) is 10.1 Å². The first-order chi connectivity index (χ1) is 8.80. The number of hydrogen-bond acceptors (Lipinski definition) is 4. The zero-order valence-corrected chi connectivity index (χ0v) is 13.6. The van der Waals surface area contributed by atoms with Crippen molar-refractivity contribution in [2.45, 2.75) is 23.0 Å². The maximum Gasteiger partial charge on any atom is 0.324 e. The molecular formula is C12H13Br2NO4. The molecule has 0 aliphatic heterocycles. The van der Waals surface area contributed by atoms with Gasteiger partial charge in [-0.3, -0.25) is 14.9 Å². The van der Waals surface area contributed by atoms with E-state index < -0.39 is 15.2 Å². The molecule has 104 valence electrons. The number of rotatable bonds is 5. The molecule has 0 spiro atoms. The quantitative estimate of drug-likeness (QED) is 0.330. The lowest BCUT2D eigenvalue weighted by Gasteiger charge is -2.26. The molecule has 0 amide bonds. The van der Waals surface area contributed by atoms with Gasteiger partial charge in [-0.2, -0.15) is 0 Å². The molecule has 0 radical (unpaired) electrons. The van der Waals surface area contributed by atoms with Gasteiger partial charge in [0, 0.05) is 12.1 Å². The van der Waals surface area contributed by atoms with Gasteiger partial charge in [0.25, 0.3) is 5.69 Å². The monoisotopic (exact) mass is 393 g/mol. The fraction of sp³-hybridized carbons (Fsp3) is 0.417. The fourth-order valence-electron chi connectivity index (χ4n) is 1.45. The Labute approximate surface area is 127 Å². The van der Waals surface area contributed by atoms with Crippen LogP contribution in [0.15, 0.2) is 24.3 Å². The second-order valence-electron chi connectivity index (χ2n) is 4.01. The minimum atomic E-state index is -0.945. The smallest absolute Gasteiger partial charge is 0.324 e. The van der Waals surface area contributed by atoms with E-state index in [4.69, 9.17) is 4.74 Å². The third-order valence-electron chi connectivity index (χ3n) is 2.55. The van der Waals surface area contributed by atoms with E-state index in [-0.39, 0.29) is 10.5 Å². The van der Waals surface area contributed by atoms with E-state index in [9.17, 15) is 14.9 Å². The summed E-state index contributed by atoms with van der Waals surface area (Å²) in [4.78, 5) is 21.6. The highest BCUT2D eigenvalue weighted by Crippen LogP contribution is 2.41. The van der Waals surface area contributed by atoms with E-state index >= 15 is 0 Å². The zero-order chi connectivity index (χ0) is 14.6. The summed E-state index contributed by atoms with van der Waals surface area (Å²) in [6.07, 6.45) is 0. The minimum Gasteiger partial charge on any atom is -0.465 e. The number of ether oxygens (including phenoxy) is 1. The Balaban J connectivity index is 2.95. The SMILES string of the molecule is CCOC(=O)[C@](C)(Br)[C@@H](Br)c1ccc([N+](=O)[O-])cc1. The van der Waals surface area contributed by atoms with Gasteiger partial charge in [0.1, 0.15) is 4.32 Å². The average molecular weight is 395 g/mol. The van der Waals surface area contributed by atoms with E-state index in [0.717, 1.165) is 5.56 Å². The summed E-state index contributed by atoms with van der Waals surface area (Å²) >= 11 is 6.76. The van der Waals surface area contributed by atoms with Crippen LogP contribution in [-0.4, -0.2) is 21.8 Å². The van der Waals surface area contributed by atoms with Crippen LogP contribution in [0.2, 0.25) is 0 Å². The molecule has 2 atom stereocenters. The van der Waals surface area contributed by atoms with Crippen LogP contribution in [0.5, 0.6) is 0 Å². The van der Waals surface area contributed by atoms with Crippen molar-refractivity contribution in [2.24, 2.45) is 0 Å². The van der Waals surface area contributed by atoms with Gasteiger partial charge in [-0.05, 0) is 19.4 Å². The molecule has 0 heterocycles. The number of benzene rings is 1. The third kappa shape index (κ3) is 3.76. The Morgan fingerprint density at radius 3 is 2.42 bits per heavy atom. The van der Waals surface area contributed by atoms with Crippen LogP contribution in [0.4, 0.5) is 5.69 Å². The first-order valence-electron chi connectivity index (χ1n) is 5.55. The first-order valence-corrected chi connectivity index (χ1v) is 7.26. The van der Waals surface area contributed by atoms with Crippen LogP contribution in [-0.2, 0) is 9.53 Å². The molecular weight excluding hydrogens is 382 g/mol. The normalized spacial score (nSPS) is 15.4. The lowest BCUT2D eigenvalue weighted by atomic mass is 10.0. The van der Waals surface area contributed by atoms with Gasteiger partial charge in [-0.25, -0.2) is 0 Å². The number of carbonyl (C=O) groups is 1. The van der Waals surface area contributed by atoms with E-state index in [1.165, 1.54) is 12.1 Å². The van der Waals surface area contributed by atoms with Crippen molar-refractivity contribution in [2.75, 3.05) is 6.61 Å². The number of esters is 1. The number of non-ortho nitro benzene ring substituents is 1.